The van der Waals surface area contributed by atoms with Gasteiger partial charge in [0.15, 0.2) is 0 Å². The normalized spacial score (nSPS) is 10.5. The highest BCUT2D eigenvalue weighted by molar-refractivity contribution is 9.10. The van der Waals surface area contributed by atoms with Crippen molar-refractivity contribution < 1.29 is 4.79 Å². The lowest BCUT2D eigenvalue weighted by Gasteiger charge is -2.21. The quantitative estimate of drug-likeness (QED) is 0.604. The van der Waals surface area contributed by atoms with Crippen LogP contribution in [-0.4, -0.2) is 29.6 Å². The van der Waals surface area contributed by atoms with Crippen molar-refractivity contribution in [3.05, 3.63) is 22.7 Å². The molecule has 0 aromatic heterocycles. The first-order valence-corrected chi connectivity index (χ1v) is 8.32. The Morgan fingerprint density at radius 3 is 2.53 bits per heavy atom. The van der Waals surface area contributed by atoms with Crippen molar-refractivity contribution in [3.63, 3.8) is 0 Å². The number of nitrogens with two attached hydrogens (primary N) is 1. The average molecular weight is 345 g/mol. The highest BCUT2D eigenvalue weighted by Crippen LogP contribution is 2.28. The smallest absolute Gasteiger partial charge is 0.232 e. The standard InChI is InChI=1S/C14H21BrN2OS/c1-3-7-17(8-4-2)14(18)10-19-13-9-11(15)5-6-12(13)16/h5-6,9H,3-4,7-8,10,16H2,1-2H3. The number of halogens is 1. The average Bonchev–Trinajstić information content (AvgIpc) is 2.39. The number of thioether (sulfide) groups is 1. The number of carbonyl (C=O) groups excluding carboxylic acids is 1. The zero-order valence-electron chi connectivity index (χ0n) is 11.5. The molecule has 0 spiro atoms. The lowest BCUT2D eigenvalue weighted by atomic mass is 10.3. The van der Waals surface area contributed by atoms with Gasteiger partial charge < -0.3 is 10.6 Å². The molecule has 1 rings (SSSR count). The van der Waals surface area contributed by atoms with Gasteiger partial charge in [0.25, 0.3) is 0 Å². The molecule has 19 heavy (non-hydrogen) atoms. The molecule has 0 unspecified atom stereocenters. The lowest BCUT2D eigenvalue weighted by molar-refractivity contribution is -0.128. The molecule has 0 aliphatic rings. The van der Waals surface area contributed by atoms with Crippen LogP contribution in [0.15, 0.2) is 27.6 Å². The Balaban J connectivity index is 2.59. The molecule has 0 saturated carbocycles. The van der Waals surface area contributed by atoms with Crippen molar-refractivity contribution in [1.82, 2.24) is 4.90 Å². The van der Waals surface area contributed by atoms with Crippen molar-refractivity contribution in [1.29, 1.82) is 0 Å². The van der Waals surface area contributed by atoms with Crippen molar-refractivity contribution in [3.8, 4) is 0 Å². The molecule has 5 heteroatoms. The fourth-order valence-electron chi connectivity index (χ4n) is 1.77. The van der Waals surface area contributed by atoms with E-state index in [1.165, 1.54) is 11.8 Å². The summed E-state index contributed by atoms with van der Waals surface area (Å²) in [6.45, 7) is 5.85. The van der Waals surface area contributed by atoms with Crippen LogP contribution < -0.4 is 5.73 Å². The third-order valence-corrected chi connectivity index (χ3v) is 4.22. The van der Waals surface area contributed by atoms with Gasteiger partial charge in [-0.3, -0.25) is 4.79 Å². The third-order valence-electron chi connectivity index (χ3n) is 2.67. The second-order valence-electron chi connectivity index (χ2n) is 4.35. The molecule has 0 aliphatic heterocycles. The maximum atomic E-state index is 12.1. The summed E-state index contributed by atoms with van der Waals surface area (Å²) in [4.78, 5) is 15.0. The molecule has 0 bridgehead atoms. The molecular formula is C14H21BrN2OS. The van der Waals surface area contributed by atoms with Crippen molar-refractivity contribution in [2.24, 2.45) is 0 Å². The zero-order chi connectivity index (χ0) is 14.3. The summed E-state index contributed by atoms with van der Waals surface area (Å²) in [5, 5.41) is 0. The van der Waals surface area contributed by atoms with Gasteiger partial charge in [-0.1, -0.05) is 29.8 Å². The van der Waals surface area contributed by atoms with E-state index in [1.54, 1.807) is 0 Å². The van der Waals surface area contributed by atoms with Crippen molar-refractivity contribution >= 4 is 39.3 Å². The van der Waals surface area contributed by atoms with E-state index in [2.05, 4.69) is 29.8 Å². The van der Waals surface area contributed by atoms with Gasteiger partial charge in [-0.25, -0.2) is 0 Å². The predicted octanol–water partition coefficient (Wildman–Crippen LogP) is 3.77. The van der Waals surface area contributed by atoms with Crippen LogP contribution in [0, 0.1) is 0 Å². The largest absolute Gasteiger partial charge is 0.398 e. The van der Waals surface area contributed by atoms with E-state index in [-0.39, 0.29) is 5.91 Å². The van der Waals surface area contributed by atoms with Gasteiger partial charge in [-0.05, 0) is 31.0 Å². The minimum absolute atomic E-state index is 0.188. The fourth-order valence-corrected chi connectivity index (χ4v) is 3.18. The van der Waals surface area contributed by atoms with Crippen molar-refractivity contribution in [2.45, 2.75) is 31.6 Å². The molecular weight excluding hydrogens is 324 g/mol. The van der Waals surface area contributed by atoms with Gasteiger partial charge in [0.05, 0.1) is 5.75 Å². The van der Waals surface area contributed by atoms with Crippen LogP contribution in [0.4, 0.5) is 5.69 Å². The summed E-state index contributed by atoms with van der Waals surface area (Å²) >= 11 is 4.92. The highest BCUT2D eigenvalue weighted by atomic mass is 79.9. The minimum Gasteiger partial charge on any atom is -0.398 e. The van der Waals surface area contributed by atoms with Crippen LogP contribution in [0.25, 0.3) is 0 Å². The molecule has 1 aromatic carbocycles. The van der Waals surface area contributed by atoms with Gasteiger partial charge in [0, 0.05) is 28.1 Å². The lowest BCUT2D eigenvalue weighted by Crippen LogP contribution is -2.33. The first-order chi connectivity index (χ1) is 9.08. The molecule has 1 aromatic rings. The number of carbonyl (C=O) groups is 1. The first-order valence-electron chi connectivity index (χ1n) is 6.54. The maximum absolute atomic E-state index is 12.1. The monoisotopic (exact) mass is 344 g/mol. The summed E-state index contributed by atoms with van der Waals surface area (Å²) < 4.78 is 0.982. The molecule has 0 saturated heterocycles. The summed E-state index contributed by atoms with van der Waals surface area (Å²) in [6, 6.07) is 5.71. The summed E-state index contributed by atoms with van der Waals surface area (Å²) in [6.07, 6.45) is 1.99. The molecule has 0 heterocycles. The number of benzene rings is 1. The number of nitrogen functional groups attached to an aromatic ring is 1. The van der Waals surface area contributed by atoms with E-state index in [9.17, 15) is 4.79 Å². The topological polar surface area (TPSA) is 46.3 Å². The number of anilines is 1. The van der Waals surface area contributed by atoms with E-state index in [1.807, 2.05) is 23.1 Å². The molecule has 0 atom stereocenters. The van der Waals surface area contributed by atoms with Gasteiger partial charge in [0.2, 0.25) is 5.91 Å². The van der Waals surface area contributed by atoms with Gasteiger partial charge in [-0.15, -0.1) is 11.8 Å². The van der Waals surface area contributed by atoms with Crippen LogP contribution in [0.2, 0.25) is 0 Å². The van der Waals surface area contributed by atoms with Gasteiger partial charge in [0.1, 0.15) is 0 Å². The molecule has 2 N–H and O–H groups in total. The number of hydrogen-bond donors (Lipinski definition) is 1. The summed E-state index contributed by atoms with van der Waals surface area (Å²) in [7, 11) is 0. The molecule has 0 aliphatic carbocycles. The van der Waals surface area contributed by atoms with Gasteiger partial charge in [-0.2, -0.15) is 0 Å². The Labute approximate surface area is 128 Å². The summed E-state index contributed by atoms with van der Waals surface area (Å²) in [5.41, 5.74) is 6.62. The molecule has 0 radical (unpaired) electrons. The van der Waals surface area contributed by atoms with Gasteiger partial charge >= 0.3 is 0 Å². The van der Waals surface area contributed by atoms with E-state index < -0.39 is 0 Å². The molecule has 106 valence electrons. The van der Waals surface area contributed by atoms with Crippen LogP contribution in [0.5, 0.6) is 0 Å². The Morgan fingerprint density at radius 1 is 1.32 bits per heavy atom. The molecule has 0 fully saturated rings. The van der Waals surface area contributed by atoms with E-state index >= 15 is 0 Å². The Morgan fingerprint density at radius 2 is 1.95 bits per heavy atom. The van der Waals surface area contributed by atoms with E-state index in [0.717, 1.165) is 41.0 Å². The Bertz CT molecular complexity index is 420. The molecule has 3 nitrogen and oxygen atoms in total. The summed E-state index contributed by atoms with van der Waals surface area (Å²) in [5.74, 6) is 0.633. The van der Waals surface area contributed by atoms with Crippen molar-refractivity contribution in [2.75, 3.05) is 24.6 Å². The maximum Gasteiger partial charge on any atom is 0.232 e. The number of hydrogen-bond acceptors (Lipinski definition) is 3. The second-order valence-corrected chi connectivity index (χ2v) is 6.28. The Kier molecular flexibility index (Phi) is 7.31. The molecule has 1 amide bonds. The van der Waals surface area contributed by atoms with E-state index in [0.29, 0.717) is 5.75 Å². The zero-order valence-corrected chi connectivity index (χ0v) is 13.9. The fraction of sp³-hybridized carbons (Fsp3) is 0.500. The third kappa shape index (κ3) is 5.45. The van der Waals surface area contributed by atoms with Crippen LogP contribution in [-0.2, 0) is 4.79 Å². The van der Waals surface area contributed by atoms with Crippen LogP contribution in [0.1, 0.15) is 26.7 Å². The second kappa shape index (κ2) is 8.48. The first kappa shape index (κ1) is 16.4. The minimum atomic E-state index is 0.188. The van der Waals surface area contributed by atoms with Crippen LogP contribution >= 0.6 is 27.7 Å². The Hall–Kier alpha value is -0.680. The predicted molar refractivity (Wildman–Crippen MR) is 86.4 cm³/mol. The van der Waals surface area contributed by atoms with Crippen LogP contribution in [0.3, 0.4) is 0 Å². The number of nitrogens with zero attached hydrogens (tertiary/aromatic N) is 1. The highest BCUT2D eigenvalue weighted by Gasteiger charge is 2.12. The number of rotatable bonds is 7. The number of amides is 1. The SMILES string of the molecule is CCCN(CCC)C(=O)CSc1cc(Br)ccc1N. The van der Waals surface area contributed by atoms with E-state index in [4.69, 9.17) is 5.73 Å².